The number of hydrogen-bond donors (Lipinski definition) is 0. The monoisotopic (exact) mass is 618 g/mol. The molecule has 1 aromatic carbocycles. The summed E-state index contributed by atoms with van der Waals surface area (Å²) < 4.78 is 15.8. The third kappa shape index (κ3) is 6.25. The van der Waals surface area contributed by atoms with Crippen LogP contribution in [0.4, 0.5) is 0 Å². The van der Waals surface area contributed by atoms with Crippen LogP contribution in [0.3, 0.4) is 0 Å². The summed E-state index contributed by atoms with van der Waals surface area (Å²) in [5, 5.41) is 0.418. The van der Waals surface area contributed by atoms with E-state index < -0.39 is 34.5 Å². The van der Waals surface area contributed by atoms with Gasteiger partial charge in [0.2, 0.25) is 0 Å². The Morgan fingerprint density at radius 3 is 2.28 bits per heavy atom. The van der Waals surface area contributed by atoms with Crippen molar-refractivity contribution in [2.45, 2.75) is 104 Å². The van der Waals surface area contributed by atoms with Gasteiger partial charge in [-0.25, -0.2) is 14.2 Å². The molecule has 2 heterocycles. The summed E-state index contributed by atoms with van der Waals surface area (Å²) in [5.41, 5.74) is -1.65. The molecule has 1 atom stereocenters. The van der Waals surface area contributed by atoms with Gasteiger partial charge in [-0.1, -0.05) is 37.3 Å². The molecule has 212 valence electrons. The zero-order chi connectivity index (χ0) is 28.7. The van der Waals surface area contributed by atoms with Crippen molar-refractivity contribution in [1.29, 1.82) is 0 Å². The average Bonchev–Trinajstić information content (AvgIpc) is 3.15. The molecule has 2 aromatic heterocycles. The van der Waals surface area contributed by atoms with E-state index in [4.69, 9.17) is 9.47 Å². The van der Waals surface area contributed by atoms with Gasteiger partial charge < -0.3 is 9.47 Å². The largest absolute Gasteiger partial charge is 0.458 e. The van der Waals surface area contributed by atoms with Crippen molar-refractivity contribution in [3.63, 3.8) is 0 Å². The van der Waals surface area contributed by atoms with Crippen molar-refractivity contribution in [3.05, 3.63) is 66.1 Å². The number of carbonyl (C=O) groups excluding carboxylic acids is 1. The number of carbonyl (C=O) groups is 1. The molecule has 1 aliphatic rings. The highest BCUT2D eigenvalue weighted by Gasteiger charge is 2.39. The molecule has 0 N–H and O–H groups in total. The number of thiophene rings is 1. The van der Waals surface area contributed by atoms with Gasteiger partial charge in [0.05, 0.1) is 21.8 Å². The molecule has 9 heteroatoms. The lowest BCUT2D eigenvalue weighted by atomic mass is 9.89. The minimum absolute atomic E-state index is 0.0958. The second kappa shape index (κ2) is 11.3. The number of nitrogens with zero attached hydrogens (tertiary/aromatic N) is 2. The maximum atomic E-state index is 14.2. The summed E-state index contributed by atoms with van der Waals surface area (Å²) in [6, 6.07) is 9.90. The number of esters is 1. The zero-order valence-electron chi connectivity index (χ0n) is 23.9. The number of fused-ring (bicyclic) bond motifs is 1. The van der Waals surface area contributed by atoms with E-state index in [1.807, 2.05) is 37.3 Å². The molecule has 4 rings (SSSR count). The predicted molar refractivity (Wildman–Crippen MR) is 160 cm³/mol. The lowest BCUT2D eigenvalue weighted by molar-refractivity contribution is -0.164. The molecule has 7 nitrogen and oxygen atoms in total. The summed E-state index contributed by atoms with van der Waals surface area (Å²) in [4.78, 5) is 41.9. The predicted octanol–water partition coefficient (Wildman–Crippen LogP) is 6.71. The van der Waals surface area contributed by atoms with Crippen LogP contribution in [0.5, 0.6) is 0 Å². The van der Waals surface area contributed by atoms with Crippen molar-refractivity contribution in [2.24, 2.45) is 5.92 Å². The van der Waals surface area contributed by atoms with E-state index in [-0.39, 0.29) is 12.6 Å². The first kappa shape index (κ1) is 29.7. The van der Waals surface area contributed by atoms with Crippen LogP contribution in [0.2, 0.25) is 0 Å². The number of ether oxygens (including phenoxy) is 2. The summed E-state index contributed by atoms with van der Waals surface area (Å²) in [5.74, 6) is 0.0478. The quantitative estimate of drug-likeness (QED) is 0.275. The second-order valence-corrected chi connectivity index (χ2v) is 14.5. The zero-order valence-corrected chi connectivity index (χ0v) is 26.3. The minimum Gasteiger partial charge on any atom is -0.458 e. The van der Waals surface area contributed by atoms with Crippen LogP contribution in [0.25, 0.3) is 10.2 Å². The molecule has 0 saturated heterocycles. The minimum atomic E-state index is -1.53. The number of rotatable bonds is 7. The van der Waals surface area contributed by atoms with Crippen LogP contribution < -0.4 is 11.2 Å². The van der Waals surface area contributed by atoms with Crippen molar-refractivity contribution in [2.75, 3.05) is 0 Å². The molecule has 1 aliphatic carbocycles. The van der Waals surface area contributed by atoms with E-state index >= 15 is 0 Å². The Bertz CT molecular complexity index is 1460. The first-order valence-corrected chi connectivity index (χ1v) is 15.2. The molecular weight excluding hydrogens is 580 g/mol. The Morgan fingerprint density at radius 1 is 1.08 bits per heavy atom. The Morgan fingerprint density at radius 2 is 1.69 bits per heavy atom. The molecule has 1 unspecified atom stereocenters. The van der Waals surface area contributed by atoms with Gasteiger partial charge in [-0.3, -0.25) is 9.36 Å². The Balaban J connectivity index is 1.87. The Labute approximate surface area is 242 Å². The summed E-state index contributed by atoms with van der Waals surface area (Å²) in [6.45, 7) is 12.7. The molecule has 39 heavy (non-hydrogen) atoms. The van der Waals surface area contributed by atoms with Gasteiger partial charge >= 0.3 is 11.7 Å². The Hall–Kier alpha value is -2.23. The summed E-state index contributed by atoms with van der Waals surface area (Å²) >= 11 is 4.92. The van der Waals surface area contributed by atoms with Crippen molar-refractivity contribution >= 4 is 43.5 Å². The fraction of sp³-hybridized carbons (Fsp3) is 0.567. The van der Waals surface area contributed by atoms with Crippen molar-refractivity contribution in [3.8, 4) is 0 Å². The smallest absolute Gasteiger partial charge is 0.333 e. The van der Waals surface area contributed by atoms with Gasteiger partial charge in [0.15, 0.2) is 0 Å². The topological polar surface area (TPSA) is 79.5 Å². The lowest BCUT2D eigenvalue weighted by Crippen LogP contribution is -2.54. The van der Waals surface area contributed by atoms with Gasteiger partial charge in [-0.05, 0) is 100 Å². The molecule has 3 aromatic rings. The summed E-state index contributed by atoms with van der Waals surface area (Å²) in [7, 11) is 0. The standard InChI is InChI=1S/C30H39BrN2O5S/c1-18-13-15-21(16-14-18)37-22(20-11-9-8-10-12-20)17-32-26-23(19(2)24(31)39-26)25(34)33(28(32)36)30(6,7)27(35)38-29(3,4)5/h8-12,18,21-22H,13-17H2,1-7H3. The third-order valence-corrected chi connectivity index (χ3v) is 9.63. The first-order valence-electron chi connectivity index (χ1n) is 13.6. The van der Waals surface area contributed by atoms with Crippen LogP contribution in [-0.2, 0) is 26.4 Å². The number of benzene rings is 1. The second-order valence-electron chi connectivity index (χ2n) is 12.2. The molecule has 0 amide bonds. The molecule has 0 aliphatic heterocycles. The maximum Gasteiger partial charge on any atom is 0.333 e. The molecule has 1 fully saturated rings. The molecule has 0 spiro atoms. The van der Waals surface area contributed by atoms with Crippen LogP contribution in [-0.4, -0.2) is 26.8 Å². The Kier molecular flexibility index (Phi) is 8.64. The van der Waals surface area contributed by atoms with E-state index in [0.717, 1.165) is 45.2 Å². The number of hydrogen-bond acceptors (Lipinski definition) is 6. The highest BCUT2D eigenvalue weighted by Crippen LogP contribution is 2.35. The number of aromatic nitrogens is 2. The van der Waals surface area contributed by atoms with E-state index in [2.05, 4.69) is 22.9 Å². The highest BCUT2D eigenvalue weighted by atomic mass is 79.9. The fourth-order valence-corrected chi connectivity index (χ4v) is 6.81. The number of halogens is 1. The molecule has 0 radical (unpaired) electrons. The fourth-order valence-electron chi connectivity index (χ4n) is 5.13. The normalized spacial score (nSPS) is 19.3. The van der Waals surface area contributed by atoms with E-state index in [1.165, 1.54) is 11.3 Å². The van der Waals surface area contributed by atoms with Gasteiger partial charge in [-0.15, -0.1) is 11.3 Å². The summed E-state index contributed by atoms with van der Waals surface area (Å²) in [6.07, 6.45) is 3.87. The molecule has 1 saturated carbocycles. The molecule has 0 bridgehead atoms. The van der Waals surface area contributed by atoms with Gasteiger partial charge in [0, 0.05) is 0 Å². The first-order chi connectivity index (χ1) is 18.2. The molecular formula is C30H39BrN2O5S. The van der Waals surface area contributed by atoms with Gasteiger partial charge in [-0.2, -0.15) is 0 Å². The maximum absolute atomic E-state index is 14.2. The average molecular weight is 620 g/mol. The highest BCUT2D eigenvalue weighted by molar-refractivity contribution is 9.11. The SMILES string of the molecule is Cc1c(Br)sc2c1c(=O)n(C(C)(C)C(=O)OC(C)(C)C)c(=O)n2CC(OC1CCC(C)CC1)c1ccccc1. The van der Waals surface area contributed by atoms with Crippen LogP contribution in [0.15, 0.2) is 43.7 Å². The van der Waals surface area contributed by atoms with Crippen molar-refractivity contribution in [1.82, 2.24) is 9.13 Å². The van der Waals surface area contributed by atoms with E-state index in [0.29, 0.717) is 16.1 Å². The van der Waals surface area contributed by atoms with Crippen LogP contribution >= 0.6 is 27.3 Å². The van der Waals surface area contributed by atoms with E-state index in [9.17, 15) is 14.4 Å². The lowest BCUT2D eigenvalue weighted by Gasteiger charge is -2.32. The van der Waals surface area contributed by atoms with Crippen LogP contribution in [0.1, 0.15) is 84.5 Å². The van der Waals surface area contributed by atoms with Gasteiger partial charge in [0.25, 0.3) is 5.56 Å². The number of aryl methyl sites for hydroxylation is 1. The van der Waals surface area contributed by atoms with Crippen LogP contribution in [0, 0.1) is 12.8 Å². The van der Waals surface area contributed by atoms with E-state index in [1.54, 1.807) is 39.2 Å². The van der Waals surface area contributed by atoms with Gasteiger partial charge in [0.1, 0.15) is 22.1 Å². The third-order valence-electron chi connectivity index (χ3n) is 7.45. The van der Waals surface area contributed by atoms with Crippen molar-refractivity contribution < 1.29 is 14.3 Å².